The molecule has 3 nitrogen and oxygen atoms in total. The van der Waals surface area contributed by atoms with Crippen LogP contribution in [0.15, 0.2) is 18.2 Å². The first-order valence-electron chi connectivity index (χ1n) is 6.55. The fourth-order valence-corrected chi connectivity index (χ4v) is 2.58. The molecule has 1 aromatic carbocycles. The van der Waals surface area contributed by atoms with Gasteiger partial charge in [0.1, 0.15) is 5.75 Å². The first-order valence-corrected chi connectivity index (χ1v) is 6.93. The maximum Gasteiger partial charge on any atom is 0.137 e. The third-order valence-electron chi connectivity index (χ3n) is 3.35. The molecule has 1 N–H and O–H groups in total. The molecule has 1 heterocycles. The van der Waals surface area contributed by atoms with Crippen molar-refractivity contribution in [2.24, 2.45) is 0 Å². The highest BCUT2D eigenvalue weighted by molar-refractivity contribution is 6.32. The molecule has 2 rings (SSSR count). The topological polar surface area (TPSA) is 24.5 Å². The minimum atomic E-state index is 0.677. The number of nitrogens with one attached hydrogen (secondary N) is 1. The second kappa shape index (κ2) is 6.98. The van der Waals surface area contributed by atoms with Crippen LogP contribution in [0.2, 0.25) is 5.02 Å². The maximum absolute atomic E-state index is 6.08. The number of halogens is 1. The van der Waals surface area contributed by atoms with Crippen LogP contribution < -0.4 is 10.1 Å². The Morgan fingerprint density at radius 1 is 1.33 bits per heavy atom. The second-order valence-electron chi connectivity index (χ2n) is 4.69. The molecule has 0 aromatic heterocycles. The zero-order valence-electron chi connectivity index (χ0n) is 10.9. The second-order valence-corrected chi connectivity index (χ2v) is 5.10. The van der Waals surface area contributed by atoms with Crippen LogP contribution in [-0.4, -0.2) is 38.2 Å². The number of methoxy groups -OCH3 is 1. The van der Waals surface area contributed by atoms with Crippen molar-refractivity contribution in [1.29, 1.82) is 0 Å². The average Bonchev–Trinajstić information content (AvgIpc) is 2.88. The lowest BCUT2D eigenvalue weighted by molar-refractivity contribution is 0.335. The molecule has 100 valence electrons. The standard InChI is InChI=1S/C14H21ClN2O/c1-18-14-5-4-12(10-13(14)15)11-16-6-9-17-7-2-3-8-17/h4-5,10,16H,2-3,6-9,11H2,1H3. The Labute approximate surface area is 114 Å². The van der Waals surface area contributed by atoms with Gasteiger partial charge in [-0.25, -0.2) is 0 Å². The quantitative estimate of drug-likeness (QED) is 0.803. The normalized spacial score (nSPS) is 16.1. The predicted molar refractivity (Wildman–Crippen MR) is 75.4 cm³/mol. The molecule has 4 heteroatoms. The van der Waals surface area contributed by atoms with Crippen LogP contribution in [-0.2, 0) is 6.54 Å². The summed E-state index contributed by atoms with van der Waals surface area (Å²) >= 11 is 6.08. The van der Waals surface area contributed by atoms with Crippen molar-refractivity contribution in [3.8, 4) is 5.75 Å². The summed E-state index contributed by atoms with van der Waals surface area (Å²) in [4.78, 5) is 2.51. The first kappa shape index (κ1) is 13.7. The van der Waals surface area contributed by atoms with Gasteiger partial charge in [-0.1, -0.05) is 17.7 Å². The van der Waals surface area contributed by atoms with Gasteiger partial charge in [0.05, 0.1) is 12.1 Å². The Balaban J connectivity index is 1.71. The molecule has 0 unspecified atom stereocenters. The first-order chi connectivity index (χ1) is 8.79. The Morgan fingerprint density at radius 3 is 2.78 bits per heavy atom. The minimum absolute atomic E-state index is 0.677. The van der Waals surface area contributed by atoms with Gasteiger partial charge < -0.3 is 15.0 Å². The van der Waals surface area contributed by atoms with Gasteiger partial charge in [0.25, 0.3) is 0 Å². The van der Waals surface area contributed by atoms with E-state index in [9.17, 15) is 0 Å². The minimum Gasteiger partial charge on any atom is -0.495 e. The molecule has 0 bridgehead atoms. The summed E-state index contributed by atoms with van der Waals surface area (Å²) in [7, 11) is 1.63. The van der Waals surface area contributed by atoms with Crippen molar-refractivity contribution in [1.82, 2.24) is 10.2 Å². The highest BCUT2D eigenvalue weighted by atomic mass is 35.5. The highest BCUT2D eigenvalue weighted by Crippen LogP contribution is 2.24. The summed E-state index contributed by atoms with van der Waals surface area (Å²) in [5.74, 6) is 0.734. The van der Waals surface area contributed by atoms with Crippen LogP contribution in [0.4, 0.5) is 0 Å². The van der Waals surface area contributed by atoms with E-state index in [1.165, 1.54) is 31.5 Å². The molecule has 1 fully saturated rings. The summed E-state index contributed by atoms with van der Waals surface area (Å²) in [6, 6.07) is 5.93. The Kier molecular flexibility index (Phi) is 5.29. The van der Waals surface area contributed by atoms with Crippen molar-refractivity contribution in [2.75, 3.05) is 33.3 Å². The molecule has 18 heavy (non-hydrogen) atoms. The third kappa shape index (κ3) is 3.87. The van der Waals surface area contributed by atoms with Crippen molar-refractivity contribution >= 4 is 11.6 Å². The number of ether oxygens (including phenoxy) is 1. The van der Waals surface area contributed by atoms with Crippen LogP contribution in [0, 0.1) is 0 Å². The van der Waals surface area contributed by atoms with Crippen LogP contribution in [0.3, 0.4) is 0 Å². The van der Waals surface area contributed by atoms with Crippen LogP contribution in [0.25, 0.3) is 0 Å². The average molecular weight is 269 g/mol. The van der Waals surface area contributed by atoms with E-state index in [0.29, 0.717) is 5.02 Å². The van der Waals surface area contributed by atoms with Gasteiger partial charge in [0.2, 0.25) is 0 Å². The Hall–Kier alpha value is -0.770. The monoisotopic (exact) mass is 268 g/mol. The van der Waals surface area contributed by atoms with Gasteiger partial charge in [0.15, 0.2) is 0 Å². The SMILES string of the molecule is COc1ccc(CNCCN2CCCC2)cc1Cl. The molecule has 0 radical (unpaired) electrons. The van der Waals surface area contributed by atoms with E-state index >= 15 is 0 Å². The van der Waals surface area contributed by atoms with E-state index in [1.54, 1.807) is 7.11 Å². The molecule has 0 amide bonds. The molecule has 1 aliphatic rings. The van der Waals surface area contributed by atoms with Crippen LogP contribution in [0.5, 0.6) is 5.75 Å². The maximum atomic E-state index is 6.08. The molecule has 1 aromatic rings. The van der Waals surface area contributed by atoms with E-state index in [2.05, 4.69) is 10.2 Å². The molecule has 0 aliphatic carbocycles. The van der Waals surface area contributed by atoms with Gasteiger partial charge in [-0.2, -0.15) is 0 Å². The predicted octanol–water partition coefficient (Wildman–Crippen LogP) is 2.53. The van der Waals surface area contributed by atoms with E-state index in [4.69, 9.17) is 16.3 Å². The number of hydrogen-bond acceptors (Lipinski definition) is 3. The Morgan fingerprint density at radius 2 is 2.11 bits per heavy atom. The number of nitrogens with zero attached hydrogens (tertiary/aromatic N) is 1. The van der Waals surface area contributed by atoms with Gasteiger partial charge in [-0.15, -0.1) is 0 Å². The summed E-state index contributed by atoms with van der Waals surface area (Å²) < 4.78 is 5.13. The molecule has 0 spiro atoms. The van der Waals surface area contributed by atoms with Gasteiger partial charge in [-0.05, 0) is 43.6 Å². The third-order valence-corrected chi connectivity index (χ3v) is 3.64. The zero-order valence-corrected chi connectivity index (χ0v) is 11.7. The highest BCUT2D eigenvalue weighted by Gasteiger charge is 2.10. The van der Waals surface area contributed by atoms with Crippen molar-refractivity contribution in [2.45, 2.75) is 19.4 Å². The zero-order chi connectivity index (χ0) is 12.8. The number of hydrogen-bond donors (Lipinski definition) is 1. The van der Waals surface area contributed by atoms with E-state index < -0.39 is 0 Å². The molecule has 0 atom stereocenters. The smallest absolute Gasteiger partial charge is 0.137 e. The summed E-state index contributed by atoms with van der Waals surface area (Å²) in [5, 5.41) is 4.13. The van der Waals surface area contributed by atoms with E-state index in [0.717, 1.165) is 25.4 Å². The van der Waals surface area contributed by atoms with Gasteiger partial charge in [-0.3, -0.25) is 0 Å². The molecular formula is C14H21ClN2O. The summed E-state index contributed by atoms with van der Waals surface area (Å²) in [6.45, 7) is 5.55. The molecule has 0 saturated carbocycles. The Bertz CT molecular complexity index is 378. The molecular weight excluding hydrogens is 248 g/mol. The summed E-state index contributed by atoms with van der Waals surface area (Å²) in [5.41, 5.74) is 1.20. The summed E-state index contributed by atoms with van der Waals surface area (Å²) in [6.07, 6.45) is 2.71. The number of rotatable bonds is 6. The van der Waals surface area contributed by atoms with Crippen molar-refractivity contribution < 1.29 is 4.74 Å². The number of likely N-dealkylation sites (tertiary alicyclic amines) is 1. The van der Waals surface area contributed by atoms with Gasteiger partial charge >= 0.3 is 0 Å². The largest absolute Gasteiger partial charge is 0.495 e. The van der Waals surface area contributed by atoms with Crippen molar-refractivity contribution in [3.63, 3.8) is 0 Å². The van der Waals surface area contributed by atoms with Crippen LogP contribution in [0.1, 0.15) is 18.4 Å². The molecule has 1 saturated heterocycles. The lowest BCUT2D eigenvalue weighted by Gasteiger charge is -2.14. The van der Waals surface area contributed by atoms with Crippen LogP contribution >= 0.6 is 11.6 Å². The van der Waals surface area contributed by atoms with E-state index in [1.807, 2.05) is 18.2 Å². The number of benzene rings is 1. The molecule has 1 aliphatic heterocycles. The van der Waals surface area contributed by atoms with Gasteiger partial charge in [0, 0.05) is 19.6 Å². The van der Waals surface area contributed by atoms with Crippen molar-refractivity contribution in [3.05, 3.63) is 28.8 Å². The lowest BCUT2D eigenvalue weighted by atomic mass is 10.2. The fraction of sp³-hybridized carbons (Fsp3) is 0.571. The lowest BCUT2D eigenvalue weighted by Crippen LogP contribution is -2.29. The fourth-order valence-electron chi connectivity index (χ4n) is 2.30. The van der Waals surface area contributed by atoms with E-state index in [-0.39, 0.29) is 0 Å².